The maximum atomic E-state index is 13.3. The summed E-state index contributed by atoms with van der Waals surface area (Å²) in [7, 11) is 1.64. The van der Waals surface area contributed by atoms with Crippen LogP contribution in [-0.2, 0) is 6.54 Å². The molecule has 2 rings (SSSR count). The Morgan fingerprint density at radius 1 is 1.24 bits per heavy atom. The summed E-state index contributed by atoms with van der Waals surface area (Å²) < 4.78 is 18.4. The molecular weight excluding hydrogens is 267 g/mol. The predicted molar refractivity (Wildman–Crippen MR) is 79.4 cm³/mol. The Kier molecular flexibility index (Phi) is 4.91. The van der Waals surface area contributed by atoms with E-state index < -0.39 is 5.82 Å². The van der Waals surface area contributed by atoms with Crippen LogP contribution in [0.2, 0.25) is 0 Å². The van der Waals surface area contributed by atoms with E-state index in [0.29, 0.717) is 6.54 Å². The van der Waals surface area contributed by atoms with Gasteiger partial charge in [0.05, 0.1) is 12.7 Å². The molecule has 4 heteroatoms. The second kappa shape index (κ2) is 6.87. The summed E-state index contributed by atoms with van der Waals surface area (Å²) >= 11 is 0. The van der Waals surface area contributed by atoms with Crippen LogP contribution >= 0.6 is 0 Å². The standard InChI is InChI=1S/C17H17FN2O/c1-12(14-4-6-16(21-2)7-5-14)20-11-13-3-8-17(18)15(9-13)10-19/h3-9,12,20H,11H2,1-2H3/t12-/m0/s1. The highest BCUT2D eigenvalue weighted by Gasteiger charge is 2.07. The molecule has 0 aliphatic rings. The first kappa shape index (κ1) is 15.0. The lowest BCUT2D eigenvalue weighted by molar-refractivity contribution is 0.414. The summed E-state index contributed by atoms with van der Waals surface area (Å²) in [5.41, 5.74) is 2.10. The van der Waals surface area contributed by atoms with Crippen molar-refractivity contribution in [2.24, 2.45) is 0 Å². The smallest absolute Gasteiger partial charge is 0.140 e. The van der Waals surface area contributed by atoms with Crippen LogP contribution in [0.3, 0.4) is 0 Å². The van der Waals surface area contributed by atoms with Crippen LogP contribution in [0.25, 0.3) is 0 Å². The molecule has 0 aliphatic heterocycles. The number of halogens is 1. The first-order valence-electron chi connectivity index (χ1n) is 6.70. The molecule has 3 nitrogen and oxygen atoms in total. The Hall–Kier alpha value is -2.38. The van der Waals surface area contributed by atoms with E-state index >= 15 is 0 Å². The Morgan fingerprint density at radius 2 is 1.95 bits per heavy atom. The summed E-state index contributed by atoms with van der Waals surface area (Å²) in [5, 5.41) is 12.2. The second-order valence-corrected chi connectivity index (χ2v) is 4.80. The number of rotatable bonds is 5. The van der Waals surface area contributed by atoms with E-state index in [1.54, 1.807) is 19.2 Å². The normalized spacial score (nSPS) is 11.7. The average molecular weight is 284 g/mol. The number of methoxy groups -OCH3 is 1. The quantitative estimate of drug-likeness (QED) is 0.913. The van der Waals surface area contributed by atoms with Crippen molar-refractivity contribution in [2.75, 3.05) is 7.11 Å². The van der Waals surface area contributed by atoms with E-state index in [1.165, 1.54) is 6.07 Å². The maximum absolute atomic E-state index is 13.3. The molecule has 0 spiro atoms. The number of benzene rings is 2. The lowest BCUT2D eigenvalue weighted by atomic mass is 10.1. The molecule has 0 fully saturated rings. The number of hydrogen-bond donors (Lipinski definition) is 1. The molecule has 0 radical (unpaired) electrons. The number of nitriles is 1. The van der Waals surface area contributed by atoms with Gasteiger partial charge in [0.15, 0.2) is 0 Å². The van der Waals surface area contributed by atoms with Crippen LogP contribution in [0.5, 0.6) is 5.75 Å². The fraction of sp³-hybridized carbons (Fsp3) is 0.235. The minimum atomic E-state index is -0.482. The van der Waals surface area contributed by atoms with Crippen molar-refractivity contribution in [3.63, 3.8) is 0 Å². The van der Waals surface area contributed by atoms with E-state index in [-0.39, 0.29) is 11.6 Å². The van der Waals surface area contributed by atoms with Gasteiger partial charge in [-0.3, -0.25) is 0 Å². The third kappa shape index (κ3) is 3.80. The molecular formula is C17H17FN2O. The molecule has 0 amide bonds. The van der Waals surface area contributed by atoms with E-state index in [1.807, 2.05) is 30.3 Å². The van der Waals surface area contributed by atoms with Gasteiger partial charge in [-0.05, 0) is 42.3 Å². The maximum Gasteiger partial charge on any atom is 0.140 e. The van der Waals surface area contributed by atoms with Gasteiger partial charge in [-0.1, -0.05) is 18.2 Å². The predicted octanol–water partition coefficient (Wildman–Crippen LogP) is 3.56. The molecule has 0 unspecified atom stereocenters. The fourth-order valence-corrected chi connectivity index (χ4v) is 2.05. The molecule has 0 saturated heterocycles. The summed E-state index contributed by atoms with van der Waals surface area (Å²) in [4.78, 5) is 0. The van der Waals surface area contributed by atoms with Gasteiger partial charge in [-0.2, -0.15) is 5.26 Å². The third-order valence-corrected chi connectivity index (χ3v) is 3.38. The monoisotopic (exact) mass is 284 g/mol. The summed E-state index contributed by atoms with van der Waals surface area (Å²) in [6.45, 7) is 2.62. The molecule has 0 bridgehead atoms. The van der Waals surface area contributed by atoms with Crippen molar-refractivity contribution < 1.29 is 9.13 Å². The van der Waals surface area contributed by atoms with Crippen LogP contribution in [0, 0.1) is 17.1 Å². The van der Waals surface area contributed by atoms with E-state index in [0.717, 1.165) is 16.9 Å². The van der Waals surface area contributed by atoms with E-state index in [2.05, 4.69) is 12.2 Å². The lowest BCUT2D eigenvalue weighted by Gasteiger charge is -2.15. The molecule has 1 atom stereocenters. The highest BCUT2D eigenvalue weighted by Crippen LogP contribution is 2.18. The summed E-state index contributed by atoms with van der Waals surface area (Å²) in [5.74, 6) is 0.340. The van der Waals surface area contributed by atoms with Gasteiger partial charge in [-0.25, -0.2) is 4.39 Å². The SMILES string of the molecule is COc1ccc([C@H](C)NCc2ccc(F)c(C#N)c2)cc1. The van der Waals surface area contributed by atoms with Crippen molar-refractivity contribution in [1.82, 2.24) is 5.32 Å². The first-order chi connectivity index (χ1) is 10.1. The molecule has 2 aromatic rings. The minimum absolute atomic E-state index is 0.0754. The molecule has 21 heavy (non-hydrogen) atoms. The Morgan fingerprint density at radius 3 is 2.57 bits per heavy atom. The highest BCUT2D eigenvalue weighted by atomic mass is 19.1. The van der Waals surface area contributed by atoms with Crippen LogP contribution < -0.4 is 10.1 Å². The number of hydrogen-bond acceptors (Lipinski definition) is 3. The van der Waals surface area contributed by atoms with Crippen molar-refractivity contribution in [2.45, 2.75) is 19.5 Å². The first-order valence-corrected chi connectivity index (χ1v) is 6.70. The van der Waals surface area contributed by atoms with Gasteiger partial charge in [0, 0.05) is 12.6 Å². The molecule has 1 N–H and O–H groups in total. The fourth-order valence-electron chi connectivity index (χ4n) is 2.05. The number of ether oxygens (including phenoxy) is 1. The zero-order valence-electron chi connectivity index (χ0n) is 12.1. The zero-order valence-corrected chi connectivity index (χ0v) is 12.1. The van der Waals surface area contributed by atoms with E-state index in [4.69, 9.17) is 10.00 Å². The topological polar surface area (TPSA) is 45.0 Å². The highest BCUT2D eigenvalue weighted by molar-refractivity contribution is 5.34. The Balaban J connectivity index is 2.00. The van der Waals surface area contributed by atoms with E-state index in [9.17, 15) is 4.39 Å². The largest absolute Gasteiger partial charge is 0.497 e. The van der Waals surface area contributed by atoms with Crippen molar-refractivity contribution in [3.8, 4) is 11.8 Å². The van der Waals surface area contributed by atoms with Gasteiger partial charge < -0.3 is 10.1 Å². The minimum Gasteiger partial charge on any atom is -0.497 e. The van der Waals surface area contributed by atoms with Gasteiger partial charge >= 0.3 is 0 Å². The van der Waals surface area contributed by atoms with Crippen LogP contribution in [0.1, 0.15) is 29.7 Å². The van der Waals surface area contributed by atoms with Gasteiger partial charge in [-0.15, -0.1) is 0 Å². The second-order valence-electron chi connectivity index (χ2n) is 4.80. The summed E-state index contributed by atoms with van der Waals surface area (Å²) in [6.07, 6.45) is 0. The Bertz CT molecular complexity index is 647. The molecule has 0 saturated carbocycles. The van der Waals surface area contributed by atoms with Crippen molar-refractivity contribution in [1.29, 1.82) is 5.26 Å². The molecule has 0 heterocycles. The van der Waals surface area contributed by atoms with Crippen molar-refractivity contribution in [3.05, 3.63) is 65.0 Å². The number of nitrogens with zero attached hydrogens (tertiary/aromatic N) is 1. The molecule has 108 valence electrons. The van der Waals surface area contributed by atoms with Crippen molar-refractivity contribution >= 4 is 0 Å². The summed E-state index contributed by atoms with van der Waals surface area (Å²) in [6, 6.07) is 14.4. The third-order valence-electron chi connectivity index (χ3n) is 3.38. The van der Waals surface area contributed by atoms with Crippen LogP contribution in [-0.4, -0.2) is 7.11 Å². The number of nitrogens with one attached hydrogen (secondary N) is 1. The average Bonchev–Trinajstić information content (AvgIpc) is 2.53. The van der Waals surface area contributed by atoms with Gasteiger partial charge in [0.2, 0.25) is 0 Å². The molecule has 2 aromatic carbocycles. The lowest BCUT2D eigenvalue weighted by Crippen LogP contribution is -2.18. The zero-order chi connectivity index (χ0) is 15.2. The van der Waals surface area contributed by atoms with Crippen LogP contribution in [0.15, 0.2) is 42.5 Å². The Labute approximate surface area is 124 Å². The van der Waals surface area contributed by atoms with Crippen LogP contribution in [0.4, 0.5) is 4.39 Å². The van der Waals surface area contributed by atoms with Gasteiger partial charge in [0.25, 0.3) is 0 Å². The molecule has 0 aromatic heterocycles. The van der Waals surface area contributed by atoms with Gasteiger partial charge in [0.1, 0.15) is 17.6 Å². The molecule has 0 aliphatic carbocycles.